The smallest absolute Gasteiger partial charge is 0.309 e. The Hall–Kier alpha value is -0.480. The van der Waals surface area contributed by atoms with Crippen LogP contribution in [-0.2, 0) is 16.0 Å². The first-order chi connectivity index (χ1) is 7.52. The first-order valence-electron chi connectivity index (χ1n) is 5.05. The Morgan fingerprint density at radius 3 is 2.69 bits per heavy atom. The summed E-state index contributed by atoms with van der Waals surface area (Å²) < 4.78 is 5.66. The highest BCUT2D eigenvalue weighted by Crippen LogP contribution is 2.31. The molecule has 0 saturated heterocycles. The van der Waals surface area contributed by atoms with Gasteiger partial charge in [-0.15, -0.1) is 11.8 Å². The van der Waals surface area contributed by atoms with Crippen LogP contribution < -0.4 is 0 Å². The van der Waals surface area contributed by atoms with Crippen molar-refractivity contribution in [2.45, 2.75) is 30.4 Å². The molecular weight excluding hydrogens is 288 g/mol. The van der Waals surface area contributed by atoms with E-state index in [9.17, 15) is 4.79 Å². The van der Waals surface area contributed by atoms with Crippen LogP contribution in [0.1, 0.15) is 19.4 Å². The van der Waals surface area contributed by atoms with Gasteiger partial charge in [0.1, 0.15) is 0 Å². The lowest BCUT2D eigenvalue weighted by atomic mass is 10.1. The fraction of sp³-hybridized carbons (Fsp3) is 0.417. The van der Waals surface area contributed by atoms with Gasteiger partial charge in [0.05, 0.1) is 13.5 Å². The summed E-state index contributed by atoms with van der Waals surface area (Å²) in [5.41, 5.74) is 0.965. The lowest BCUT2D eigenvalue weighted by Gasteiger charge is -2.08. The van der Waals surface area contributed by atoms with Crippen molar-refractivity contribution in [3.8, 4) is 0 Å². The van der Waals surface area contributed by atoms with E-state index in [2.05, 4.69) is 34.5 Å². The molecule has 16 heavy (non-hydrogen) atoms. The van der Waals surface area contributed by atoms with Gasteiger partial charge in [-0.05, 0) is 33.6 Å². The third kappa shape index (κ3) is 4.18. The second-order valence-corrected chi connectivity index (χ2v) is 6.16. The molecule has 0 amide bonds. The summed E-state index contributed by atoms with van der Waals surface area (Å²) in [6.45, 7) is 4.30. The number of hydrogen-bond donors (Lipinski definition) is 0. The molecule has 1 aromatic rings. The highest BCUT2D eigenvalue weighted by molar-refractivity contribution is 9.10. The number of benzene rings is 1. The summed E-state index contributed by atoms with van der Waals surface area (Å²) in [7, 11) is 1.40. The molecule has 0 radical (unpaired) electrons. The molecule has 0 N–H and O–H groups in total. The Kier molecular flexibility index (Phi) is 5.35. The lowest BCUT2D eigenvalue weighted by molar-refractivity contribution is -0.139. The zero-order valence-corrected chi connectivity index (χ0v) is 12.0. The Morgan fingerprint density at radius 2 is 2.19 bits per heavy atom. The average molecular weight is 303 g/mol. The van der Waals surface area contributed by atoms with E-state index in [1.165, 1.54) is 12.0 Å². The van der Waals surface area contributed by atoms with E-state index < -0.39 is 0 Å². The van der Waals surface area contributed by atoms with Crippen molar-refractivity contribution in [3.63, 3.8) is 0 Å². The third-order valence-corrected chi connectivity index (χ3v) is 3.93. The lowest BCUT2D eigenvalue weighted by Crippen LogP contribution is -2.04. The summed E-state index contributed by atoms with van der Waals surface area (Å²) in [5, 5.41) is 0.544. The number of esters is 1. The Labute approximate surface area is 109 Å². The minimum Gasteiger partial charge on any atom is -0.469 e. The van der Waals surface area contributed by atoms with E-state index in [0.29, 0.717) is 11.7 Å². The van der Waals surface area contributed by atoms with Gasteiger partial charge in [-0.3, -0.25) is 4.79 Å². The number of rotatable bonds is 4. The van der Waals surface area contributed by atoms with Gasteiger partial charge in [-0.2, -0.15) is 0 Å². The van der Waals surface area contributed by atoms with Crippen molar-refractivity contribution in [1.29, 1.82) is 0 Å². The second kappa shape index (κ2) is 6.30. The molecule has 4 heteroatoms. The number of hydrogen-bond acceptors (Lipinski definition) is 3. The minimum atomic E-state index is -0.212. The molecule has 0 fully saturated rings. The van der Waals surface area contributed by atoms with Gasteiger partial charge in [0.25, 0.3) is 0 Å². The summed E-state index contributed by atoms with van der Waals surface area (Å²) in [6, 6.07) is 5.97. The van der Waals surface area contributed by atoms with Gasteiger partial charge >= 0.3 is 5.97 Å². The van der Waals surface area contributed by atoms with Gasteiger partial charge < -0.3 is 4.74 Å². The molecule has 1 aromatic carbocycles. The summed E-state index contributed by atoms with van der Waals surface area (Å²) in [6.07, 6.45) is 0.321. The number of halogens is 1. The topological polar surface area (TPSA) is 26.3 Å². The van der Waals surface area contributed by atoms with Crippen LogP contribution in [-0.4, -0.2) is 18.3 Å². The molecule has 2 nitrogen and oxygen atoms in total. The molecule has 0 aliphatic carbocycles. The fourth-order valence-electron chi connectivity index (χ4n) is 1.24. The minimum absolute atomic E-state index is 0.212. The highest BCUT2D eigenvalue weighted by atomic mass is 79.9. The van der Waals surface area contributed by atoms with E-state index in [4.69, 9.17) is 0 Å². The number of carbonyl (C=O) groups excluding carboxylic acids is 1. The van der Waals surface area contributed by atoms with Crippen molar-refractivity contribution >= 4 is 33.7 Å². The average Bonchev–Trinajstić information content (AvgIpc) is 2.21. The van der Waals surface area contributed by atoms with E-state index in [1.54, 1.807) is 11.8 Å². The van der Waals surface area contributed by atoms with Crippen LogP contribution in [0.5, 0.6) is 0 Å². The maximum absolute atomic E-state index is 11.1. The monoisotopic (exact) mass is 302 g/mol. The molecule has 0 bridgehead atoms. The Morgan fingerprint density at radius 1 is 1.50 bits per heavy atom. The van der Waals surface area contributed by atoms with Crippen LogP contribution in [0.25, 0.3) is 0 Å². The molecule has 0 atom stereocenters. The number of ether oxygens (including phenoxy) is 1. The van der Waals surface area contributed by atoms with E-state index in [1.807, 2.05) is 18.2 Å². The maximum Gasteiger partial charge on any atom is 0.309 e. The molecule has 1 rings (SSSR count). The van der Waals surface area contributed by atoms with Crippen LogP contribution in [0.4, 0.5) is 0 Å². The summed E-state index contributed by atoms with van der Waals surface area (Å²) in [4.78, 5) is 12.3. The van der Waals surface area contributed by atoms with Crippen LogP contribution in [0.2, 0.25) is 0 Å². The summed E-state index contributed by atoms with van der Waals surface area (Å²) in [5.74, 6) is -0.212. The predicted molar refractivity (Wildman–Crippen MR) is 70.9 cm³/mol. The molecular formula is C12H15BrO2S. The van der Waals surface area contributed by atoms with Crippen LogP contribution in [0.15, 0.2) is 27.6 Å². The molecule has 0 spiro atoms. The van der Waals surface area contributed by atoms with Gasteiger partial charge in [-0.1, -0.05) is 19.9 Å². The van der Waals surface area contributed by atoms with Gasteiger partial charge in [-0.25, -0.2) is 0 Å². The zero-order chi connectivity index (χ0) is 12.1. The second-order valence-electron chi connectivity index (χ2n) is 3.68. The SMILES string of the molecule is COC(=O)Cc1ccc(SC(C)C)c(Br)c1. The highest BCUT2D eigenvalue weighted by Gasteiger charge is 2.07. The molecule has 88 valence electrons. The van der Waals surface area contributed by atoms with Crippen molar-refractivity contribution < 1.29 is 9.53 Å². The van der Waals surface area contributed by atoms with Crippen LogP contribution in [0.3, 0.4) is 0 Å². The normalized spacial score (nSPS) is 10.6. The first kappa shape index (κ1) is 13.6. The van der Waals surface area contributed by atoms with Crippen molar-refractivity contribution in [1.82, 2.24) is 0 Å². The molecule has 0 aliphatic rings. The molecule has 0 aliphatic heterocycles. The number of methoxy groups -OCH3 is 1. The number of carbonyl (C=O) groups is 1. The maximum atomic E-state index is 11.1. The molecule has 0 aromatic heterocycles. The third-order valence-electron chi connectivity index (χ3n) is 1.94. The van der Waals surface area contributed by atoms with E-state index in [0.717, 1.165) is 10.0 Å². The van der Waals surface area contributed by atoms with E-state index >= 15 is 0 Å². The van der Waals surface area contributed by atoms with Crippen LogP contribution >= 0.6 is 27.7 Å². The first-order valence-corrected chi connectivity index (χ1v) is 6.72. The van der Waals surface area contributed by atoms with Gasteiger partial charge in [0, 0.05) is 14.6 Å². The van der Waals surface area contributed by atoms with Crippen molar-refractivity contribution in [2.75, 3.05) is 7.11 Å². The molecule has 0 saturated carbocycles. The van der Waals surface area contributed by atoms with Crippen LogP contribution in [0, 0.1) is 0 Å². The van der Waals surface area contributed by atoms with E-state index in [-0.39, 0.29) is 5.97 Å². The Balaban J connectivity index is 2.78. The van der Waals surface area contributed by atoms with Crippen molar-refractivity contribution in [2.24, 2.45) is 0 Å². The predicted octanol–water partition coefficient (Wildman–Crippen LogP) is 3.67. The van der Waals surface area contributed by atoms with Gasteiger partial charge in [0.2, 0.25) is 0 Å². The Bertz CT molecular complexity index is 377. The van der Waals surface area contributed by atoms with Gasteiger partial charge in [0.15, 0.2) is 0 Å². The fourth-order valence-corrected chi connectivity index (χ4v) is 2.78. The number of thioether (sulfide) groups is 1. The van der Waals surface area contributed by atoms with Crippen molar-refractivity contribution in [3.05, 3.63) is 28.2 Å². The largest absolute Gasteiger partial charge is 0.469 e. The molecule has 0 heterocycles. The zero-order valence-electron chi connectivity index (χ0n) is 9.62. The molecule has 0 unspecified atom stereocenters. The quantitative estimate of drug-likeness (QED) is 0.627. The standard InChI is InChI=1S/C12H15BrO2S/c1-8(2)16-11-5-4-9(6-10(11)13)7-12(14)15-3/h4-6,8H,7H2,1-3H3. The summed E-state index contributed by atoms with van der Waals surface area (Å²) >= 11 is 5.31.